The Kier molecular flexibility index (Phi) is 5.34. The first kappa shape index (κ1) is 16.2. The van der Waals surface area contributed by atoms with Gasteiger partial charge in [-0.05, 0) is 34.6 Å². The third kappa shape index (κ3) is 4.43. The van der Waals surface area contributed by atoms with Gasteiger partial charge < -0.3 is 10.2 Å². The Morgan fingerprint density at radius 2 is 1.27 bits per heavy atom. The fourth-order valence-corrected chi connectivity index (χ4v) is 2.45. The summed E-state index contributed by atoms with van der Waals surface area (Å²) in [4.78, 5) is 10.7. The molecule has 116 valence electrons. The number of aliphatic carboxylic acids is 1. The lowest BCUT2D eigenvalue weighted by Gasteiger charge is -2.08. The molecule has 0 radical (unpaired) electrons. The molecule has 0 heterocycles. The molecule has 0 aliphatic rings. The van der Waals surface area contributed by atoms with Gasteiger partial charge in [-0.15, -0.1) is 0 Å². The molecule has 0 aromatic heterocycles. The number of carboxylic acid groups (broad SMARTS) is 1. The first-order chi connectivity index (χ1) is 10.5. The largest absolute Gasteiger partial charge is 0.479 e. The SMILES string of the molecule is CC(C)Cc1ccc(-c2ccc(C[C@H](O)C(=O)O)cc2)cc1. The molecule has 0 spiro atoms. The van der Waals surface area contributed by atoms with Crippen molar-refractivity contribution in [2.24, 2.45) is 5.92 Å². The molecule has 2 N–H and O–H groups in total. The van der Waals surface area contributed by atoms with E-state index >= 15 is 0 Å². The lowest BCUT2D eigenvalue weighted by Crippen LogP contribution is -2.21. The van der Waals surface area contributed by atoms with Gasteiger partial charge in [0.1, 0.15) is 0 Å². The minimum atomic E-state index is -1.35. The van der Waals surface area contributed by atoms with Gasteiger partial charge in [-0.25, -0.2) is 4.79 Å². The predicted molar refractivity (Wildman–Crippen MR) is 87.8 cm³/mol. The van der Waals surface area contributed by atoms with Crippen molar-refractivity contribution in [3.63, 3.8) is 0 Å². The fraction of sp³-hybridized carbons (Fsp3) is 0.316. The zero-order valence-electron chi connectivity index (χ0n) is 13.0. The minimum Gasteiger partial charge on any atom is -0.479 e. The Bertz CT molecular complexity index is 612. The summed E-state index contributed by atoms with van der Waals surface area (Å²) in [5, 5.41) is 18.1. The molecule has 0 saturated heterocycles. The van der Waals surface area contributed by atoms with Crippen LogP contribution >= 0.6 is 0 Å². The average molecular weight is 298 g/mol. The van der Waals surface area contributed by atoms with E-state index in [9.17, 15) is 9.90 Å². The average Bonchev–Trinajstić information content (AvgIpc) is 2.48. The van der Waals surface area contributed by atoms with Crippen molar-refractivity contribution in [3.8, 4) is 11.1 Å². The van der Waals surface area contributed by atoms with E-state index in [0.29, 0.717) is 5.92 Å². The van der Waals surface area contributed by atoms with Crippen LogP contribution in [-0.4, -0.2) is 22.3 Å². The summed E-state index contributed by atoms with van der Waals surface area (Å²) in [6.07, 6.45) is -0.143. The Balaban J connectivity index is 2.08. The highest BCUT2D eigenvalue weighted by molar-refractivity contribution is 5.72. The Hall–Kier alpha value is -2.13. The third-order valence-corrected chi connectivity index (χ3v) is 3.60. The van der Waals surface area contributed by atoms with E-state index in [1.54, 1.807) is 0 Å². The van der Waals surface area contributed by atoms with Gasteiger partial charge in [-0.1, -0.05) is 62.4 Å². The number of aliphatic hydroxyl groups excluding tert-OH is 1. The molecule has 1 atom stereocenters. The van der Waals surface area contributed by atoms with E-state index in [4.69, 9.17) is 5.11 Å². The van der Waals surface area contributed by atoms with E-state index in [-0.39, 0.29) is 6.42 Å². The number of hydrogen-bond acceptors (Lipinski definition) is 2. The Morgan fingerprint density at radius 1 is 0.864 bits per heavy atom. The number of benzene rings is 2. The molecule has 0 saturated carbocycles. The third-order valence-electron chi connectivity index (χ3n) is 3.60. The van der Waals surface area contributed by atoms with Gasteiger partial charge in [0.05, 0.1) is 0 Å². The first-order valence-corrected chi connectivity index (χ1v) is 7.55. The van der Waals surface area contributed by atoms with E-state index in [1.807, 2.05) is 24.3 Å². The zero-order chi connectivity index (χ0) is 16.1. The van der Waals surface area contributed by atoms with Crippen molar-refractivity contribution >= 4 is 5.97 Å². The zero-order valence-corrected chi connectivity index (χ0v) is 13.0. The van der Waals surface area contributed by atoms with Crippen LogP contribution < -0.4 is 0 Å². The van der Waals surface area contributed by atoms with Gasteiger partial charge in [0.15, 0.2) is 6.10 Å². The Morgan fingerprint density at radius 3 is 1.64 bits per heavy atom. The van der Waals surface area contributed by atoms with Crippen molar-refractivity contribution in [2.45, 2.75) is 32.8 Å². The quantitative estimate of drug-likeness (QED) is 0.857. The maximum Gasteiger partial charge on any atom is 0.332 e. The highest BCUT2D eigenvalue weighted by Crippen LogP contribution is 2.21. The van der Waals surface area contributed by atoms with Gasteiger partial charge in [0.25, 0.3) is 0 Å². The molecular formula is C19H22O3. The molecule has 0 aliphatic carbocycles. The molecule has 2 rings (SSSR count). The van der Waals surface area contributed by atoms with Crippen LogP contribution in [-0.2, 0) is 17.6 Å². The molecule has 3 heteroatoms. The summed E-state index contributed by atoms with van der Waals surface area (Å²) in [5.74, 6) is -0.546. The molecule has 3 nitrogen and oxygen atoms in total. The second-order valence-electron chi connectivity index (χ2n) is 6.05. The molecule has 22 heavy (non-hydrogen) atoms. The van der Waals surface area contributed by atoms with Gasteiger partial charge in [0.2, 0.25) is 0 Å². The summed E-state index contributed by atoms with van der Waals surface area (Å²) in [7, 11) is 0. The summed E-state index contributed by atoms with van der Waals surface area (Å²) in [6.45, 7) is 4.41. The molecule has 0 aliphatic heterocycles. The molecular weight excluding hydrogens is 276 g/mol. The smallest absolute Gasteiger partial charge is 0.332 e. The van der Waals surface area contributed by atoms with Crippen LogP contribution in [0.2, 0.25) is 0 Å². The van der Waals surface area contributed by atoms with Crippen LogP contribution in [0.4, 0.5) is 0 Å². The summed E-state index contributed by atoms with van der Waals surface area (Å²) < 4.78 is 0. The number of rotatable bonds is 6. The number of aliphatic hydroxyl groups is 1. The highest BCUT2D eigenvalue weighted by atomic mass is 16.4. The van der Waals surface area contributed by atoms with Crippen LogP contribution in [0, 0.1) is 5.92 Å². The fourth-order valence-electron chi connectivity index (χ4n) is 2.45. The second kappa shape index (κ2) is 7.23. The van der Waals surface area contributed by atoms with Crippen LogP contribution in [0.1, 0.15) is 25.0 Å². The normalized spacial score (nSPS) is 12.4. The van der Waals surface area contributed by atoms with E-state index in [0.717, 1.165) is 23.1 Å². The van der Waals surface area contributed by atoms with Crippen molar-refractivity contribution in [1.82, 2.24) is 0 Å². The number of carbonyl (C=O) groups is 1. The van der Waals surface area contributed by atoms with Crippen LogP contribution in [0.15, 0.2) is 48.5 Å². The van der Waals surface area contributed by atoms with Crippen molar-refractivity contribution < 1.29 is 15.0 Å². The minimum absolute atomic E-state index is 0.128. The topological polar surface area (TPSA) is 57.5 Å². The summed E-state index contributed by atoms with van der Waals surface area (Å²) in [6, 6.07) is 16.2. The predicted octanol–water partition coefficient (Wildman–Crippen LogP) is 3.54. The van der Waals surface area contributed by atoms with Crippen molar-refractivity contribution in [3.05, 3.63) is 59.7 Å². The molecule has 0 bridgehead atoms. The monoisotopic (exact) mass is 298 g/mol. The first-order valence-electron chi connectivity index (χ1n) is 7.55. The molecule has 0 amide bonds. The van der Waals surface area contributed by atoms with Gasteiger partial charge in [-0.3, -0.25) is 0 Å². The summed E-state index contributed by atoms with van der Waals surface area (Å²) >= 11 is 0. The molecule has 0 fully saturated rings. The van der Waals surface area contributed by atoms with Crippen LogP contribution in [0.5, 0.6) is 0 Å². The van der Waals surface area contributed by atoms with E-state index < -0.39 is 12.1 Å². The highest BCUT2D eigenvalue weighted by Gasteiger charge is 2.13. The van der Waals surface area contributed by atoms with Gasteiger partial charge >= 0.3 is 5.97 Å². The maximum atomic E-state index is 10.7. The molecule has 2 aromatic carbocycles. The van der Waals surface area contributed by atoms with Gasteiger partial charge in [-0.2, -0.15) is 0 Å². The van der Waals surface area contributed by atoms with Crippen LogP contribution in [0.25, 0.3) is 11.1 Å². The molecule has 2 aromatic rings. The maximum absolute atomic E-state index is 10.7. The Labute approximate surface area is 131 Å². The van der Waals surface area contributed by atoms with Crippen molar-refractivity contribution in [1.29, 1.82) is 0 Å². The van der Waals surface area contributed by atoms with E-state index in [2.05, 4.69) is 38.1 Å². The van der Waals surface area contributed by atoms with E-state index in [1.165, 1.54) is 5.56 Å². The second-order valence-corrected chi connectivity index (χ2v) is 6.05. The number of carboxylic acids is 1. The van der Waals surface area contributed by atoms with Crippen molar-refractivity contribution in [2.75, 3.05) is 0 Å². The van der Waals surface area contributed by atoms with Gasteiger partial charge in [0, 0.05) is 6.42 Å². The summed E-state index contributed by atoms with van der Waals surface area (Å²) in [5.41, 5.74) is 4.37. The number of hydrogen-bond donors (Lipinski definition) is 2. The lowest BCUT2D eigenvalue weighted by molar-refractivity contribution is -0.146. The molecule has 0 unspecified atom stereocenters. The van der Waals surface area contributed by atoms with Crippen LogP contribution in [0.3, 0.4) is 0 Å². The lowest BCUT2D eigenvalue weighted by atomic mass is 9.98. The standard InChI is InChI=1S/C19H22O3/c1-13(2)11-14-3-7-16(8-4-14)17-9-5-15(6-10-17)12-18(20)19(21)22/h3-10,13,18,20H,11-12H2,1-2H3,(H,21,22)/t18-/m0/s1.